The summed E-state index contributed by atoms with van der Waals surface area (Å²) in [6, 6.07) is 3.88. The van der Waals surface area contributed by atoms with Gasteiger partial charge in [-0.1, -0.05) is 0 Å². The maximum Gasteiger partial charge on any atom is 0.150 e. The van der Waals surface area contributed by atoms with Gasteiger partial charge in [-0.2, -0.15) is 0 Å². The highest BCUT2D eigenvalue weighted by Crippen LogP contribution is 2.16. The van der Waals surface area contributed by atoms with E-state index < -0.39 is 5.82 Å². The van der Waals surface area contributed by atoms with Crippen LogP contribution in [0.25, 0.3) is 0 Å². The minimum atomic E-state index is -0.488. The van der Waals surface area contributed by atoms with E-state index in [4.69, 9.17) is 4.74 Å². The van der Waals surface area contributed by atoms with Crippen molar-refractivity contribution in [2.24, 2.45) is 0 Å². The van der Waals surface area contributed by atoms with Crippen LogP contribution in [0.4, 0.5) is 4.39 Å². The SMILES string of the molecule is O=Cc1cc(F)cc(OCc2cscn2)c1. The Kier molecular flexibility index (Phi) is 3.26. The predicted molar refractivity (Wildman–Crippen MR) is 58.2 cm³/mol. The second kappa shape index (κ2) is 4.85. The fourth-order valence-electron chi connectivity index (χ4n) is 1.20. The molecule has 0 unspecified atom stereocenters. The summed E-state index contributed by atoms with van der Waals surface area (Å²) in [4.78, 5) is 14.5. The highest BCUT2D eigenvalue weighted by Gasteiger charge is 2.02. The van der Waals surface area contributed by atoms with E-state index in [1.54, 1.807) is 5.51 Å². The third-order valence-electron chi connectivity index (χ3n) is 1.90. The summed E-state index contributed by atoms with van der Waals surface area (Å²) in [6.07, 6.45) is 0.582. The molecule has 0 saturated carbocycles. The molecular weight excluding hydrogens is 229 g/mol. The number of benzene rings is 1. The molecule has 0 amide bonds. The number of thiazole rings is 1. The van der Waals surface area contributed by atoms with Gasteiger partial charge in [0.15, 0.2) is 0 Å². The molecule has 1 aromatic heterocycles. The van der Waals surface area contributed by atoms with E-state index in [1.807, 2.05) is 5.38 Å². The average Bonchev–Trinajstić information content (AvgIpc) is 2.78. The Morgan fingerprint density at radius 3 is 3.00 bits per heavy atom. The standard InChI is InChI=1S/C11H8FNO2S/c12-9-1-8(4-14)2-11(3-9)15-5-10-6-16-7-13-10/h1-4,6-7H,5H2. The van der Waals surface area contributed by atoms with Gasteiger partial charge in [-0.25, -0.2) is 9.37 Å². The van der Waals surface area contributed by atoms with E-state index in [2.05, 4.69) is 4.98 Å². The third kappa shape index (κ3) is 2.64. The molecule has 0 fully saturated rings. The molecule has 2 aromatic rings. The van der Waals surface area contributed by atoms with E-state index in [0.717, 1.165) is 11.8 Å². The fourth-order valence-corrected chi connectivity index (χ4v) is 1.74. The first-order valence-corrected chi connectivity index (χ1v) is 5.48. The second-order valence-electron chi connectivity index (χ2n) is 3.11. The number of ether oxygens (including phenoxy) is 1. The van der Waals surface area contributed by atoms with Gasteiger partial charge in [0.05, 0.1) is 11.2 Å². The predicted octanol–water partition coefficient (Wildman–Crippen LogP) is 2.67. The van der Waals surface area contributed by atoms with Crippen molar-refractivity contribution < 1.29 is 13.9 Å². The van der Waals surface area contributed by atoms with Gasteiger partial charge in [-0.3, -0.25) is 4.79 Å². The molecular formula is C11H8FNO2S. The van der Waals surface area contributed by atoms with Crippen molar-refractivity contribution in [2.75, 3.05) is 0 Å². The van der Waals surface area contributed by atoms with Crippen LogP contribution in [0.5, 0.6) is 5.75 Å². The number of hydrogen-bond donors (Lipinski definition) is 0. The topological polar surface area (TPSA) is 39.2 Å². The van der Waals surface area contributed by atoms with Crippen LogP contribution in [0.2, 0.25) is 0 Å². The molecule has 3 nitrogen and oxygen atoms in total. The molecule has 1 aromatic carbocycles. The lowest BCUT2D eigenvalue weighted by Crippen LogP contribution is -1.96. The van der Waals surface area contributed by atoms with Crippen molar-refractivity contribution in [3.8, 4) is 5.75 Å². The van der Waals surface area contributed by atoms with Gasteiger partial charge in [0.1, 0.15) is 24.5 Å². The quantitative estimate of drug-likeness (QED) is 0.767. The van der Waals surface area contributed by atoms with Crippen LogP contribution in [0, 0.1) is 5.82 Å². The summed E-state index contributed by atoms with van der Waals surface area (Å²) >= 11 is 1.46. The normalized spacial score (nSPS) is 10.1. The number of nitrogens with zero attached hydrogens (tertiary/aromatic N) is 1. The lowest BCUT2D eigenvalue weighted by Gasteiger charge is -2.04. The van der Waals surface area contributed by atoms with Crippen LogP contribution in [-0.2, 0) is 6.61 Å². The molecule has 0 aliphatic heterocycles. The first-order valence-electron chi connectivity index (χ1n) is 4.53. The Labute approximate surface area is 95.5 Å². The van der Waals surface area contributed by atoms with E-state index in [0.29, 0.717) is 12.0 Å². The molecule has 0 atom stereocenters. The molecule has 0 aliphatic carbocycles. The molecule has 0 aliphatic rings. The summed E-state index contributed by atoms with van der Waals surface area (Å²) < 4.78 is 18.3. The molecule has 0 N–H and O–H groups in total. The number of rotatable bonds is 4. The number of halogens is 1. The number of carbonyl (C=O) groups is 1. The first-order chi connectivity index (χ1) is 7.78. The van der Waals surface area contributed by atoms with Crippen molar-refractivity contribution in [3.05, 3.63) is 46.2 Å². The first kappa shape index (κ1) is 10.8. The zero-order valence-corrected chi connectivity index (χ0v) is 9.04. The summed E-state index contributed by atoms with van der Waals surface area (Å²) in [7, 11) is 0. The van der Waals surface area contributed by atoms with Gasteiger partial charge in [-0.15, -0.1) is 11.3 Å². The van der Waals surface area contributed by atoms with Crippen molar-refractivity contribution >= 4 is 17.6 Å². The second-order valence-corrected chi connectivity index (χ2v) is 3.83. The van der Waals surface area contributed by atoms with Crippen molar-refractivity contribution in [2.45, 2.75) is 6.61 Å². The van der Waals surface area contributed by atoms with Gasteiger partial charge in [0, 0.05) is 17.0 Å². The Hall–Kier alpha value is -1.75. The summed E-state index contributed by atoms with van der Waals surface area (Å²) in [6.45, 7) is 0.269. The lowest BCUT2D eigenvalue weighted by atomic mass is 10.2. The van der Waals surface area contributed by atoms with Gasteiger partial charge in [0.25, 0.3) is 0 Å². The van der Waals surface area contributed by atoms with Gasteiger partial charge in [0.2, 0.25) is 0 Å². The van der Waals surface area contributed by atoms with E-state index >= 15 is 0 Å². The molecule has 0 bridgehead atoms. The minimum Gasteiger partial charge on any atom is -0.487 e. The smallest absolute Gasteiger partial charge is 0.150 e. The zero-order valence-electron chi connectivity index (χ0n) is 8.22. The monoisotopic (exact) mass is 237 g/mol. The number of carbonyl (C=O) groups excluding carboxylic acids is 1. The largest absolute Gasteiger partial charge is 0.487 e. The molecule has 0 radical (unpaired) electrons. The molecule has 16 heavy (non-hydrogen) atoms. The summed E-state index contributed by atoms with van der Waals surface area (Å²) in [5.74, 6) is -0.159. The van der Waals surface area contributed by atoms with Gasteiger partial charge in [-0.05, 0) is 12.1 Å². The maximum atomic E-state index is 13.0. The van der Waals surface area contributed by atoms with Gasteiger partial charge < -0.3 is 4.74 Å². The molecule has 1 heterocycles. The number of hydrogen-bond acceptors (Lipinski definition) is 4. The Morgan fingerprint density at radius 2 is 2.31 bits per heavy atom. The average molecular weight is 237 g/mol. The van der Waals surface area contributed by atoms with Crippen LogP contribution in [-0.4, -0.2) is 11.3 Å². The third-order valence-corrected chi connectivity index (χ3v) is 2.54. The fraction of sp³-hybridized carbons (Fsp3) is 0.0909. The Morgan fingerprint density at radius 1 is 1.44 bits per heavy atom. The van der Waals surface area contributed by atoms with Crippen LogP contribution < -0.4 is 4.74 Å². The van der Waals surface area contributed by atoms with Crippen molar-refractivity contribution in [3.63, 3.8) is 0 Å². The van der Waals surface area contributed by atoms with Crippen molar-refractivity contribution in [1.29, 1.82) is 0 Å². The Bertz CT molecular complexity index is 485. The zero-order chi connectivity index (χ0) is 11.4. The van der Waals surface area contributed by atoms with Gasteiger partial charge >= 0.3 is 0 Å². The highest BCUT2D eigenvalue weighted by atomic mass is 32.1. The van der Waals surface area contributed by atoms with Crippen LogP contribution in [0.15, 0.2) is 29.1 Å². The van der Waals surface area contributed by atoms with E-state index in [-0.39, 0.29) is 12.2 Å². The molecule has 0 saturated heterocycles. The summed E-state index contributed by atoms with van der Waals surface area (Å²) in [5, 5.41) is 1.85. The maximum absolute atomic E-state index is 13.0. The van der Waals surface area contributed by atoms with E-state index in [1.165, 1.54) is 23.5 Å². The molecule has 5 heteroatoms. The number of aromatic nitrogens is 1. The number of aldehydes is 1. The van der Waals surface area contributed by atoms with Crippen LogP contribution in [0.1, 0.15) is 16.1 Å². The molecule has 82 valence electrons. The minimum absolute atomic E-state index is 0.258. The Balaban J connectivity index is 2.09. The lowest BCUT2D eigenvalue weighted by molar-refractivity contribution is 0.112. The van der Waals surface area contributed by atoms with Crippen molar-refractivity contribution in [1.82, 2.24) is 4.98 Å². The molecule has 2 rings (SSSR count). The van der Waals surface area contributed by atoms with Crippen LogP contribution in [0.3, 0.4) is 0 Å². The summed E-state index contributed by atoms with van der Waals surface area (Å²) in [5.41, 5.74) is 2.73. The van der Waals surface area contributed by atoms with E-state index in [9.17, 15) is 9.18 Å². The van der Waals surface area contributed by atoms with Crippen LogP contribution >= 0.6 is 11.3 Å². The highest BCUT2D eigenvalue weighted by molar-refractivity contribution is 7.07. The molecule has 0 spiro atoms.